The van der Waals surface area contributed by atoms with Crippen molar-refractivity contribution < 1.29 is 0 Å². The number of hydrogen-bond donors (Lipinski definition) is 2. The molecule has 0 fully saturated rings. The first-order chi connectivity index (χ1) is 9.85. The molecule has 0 amide bonds. The van der Waals surface area contributed by atoms with Crippen molar-refractivity contribution in [3.05, 3.63) is 36.0 Å². The minimum absolute atomic E-state index is 0.0961. The zero-order valence-corrected chi connectivity index (χ0v) is 13.8. The van der Waals surface area contributed by atoms with Gasteiger partial charge in [0, 0.05) is 24.0 Å². The Morgan fingerprint density at radius 2 is 1.86 bits per heavy atom. The number of hydrogen-bond acceptors (Lipinski definition) is 3. The van der Waals surface area contributed by atoms with Gasteiger partial charge < -0.3 is 10.6 Å². The fourth-order valence-corrected chi connectivity index (χ4v) is 2.14. The van der Waals surface area contributed by atoms with Crippen molar-refractivity contribution in [1.82, 2.24) is 10.3 Å². The molecule has 0 saturated carbocycles. The number of rotatable bonds is 5. The van der Waals surface area contributed by atoms with E-state index in [2.05, 4.69) is 75.6 Å². The van der Waals surface area contributed by atoms with E-state index in [0.29, 0.717) is 5.92 Å². The summed E-state index contributed by atoms with van der Waals surface area (Å²) in [5, 5.41) is 9.42. The Labute approximate surface area is 128 Å². The average Bonchev–Trinajstić information content (AvgIpc) is 2.41. The largest absolute Gasteiger partial charge is 0.369 e. The van der Waals surface area contributed by atoms with Gasteiger partial charge in [-0.2, -0.15) is 0 Å². The summed E-state index contributed by atoms with van der Waals surface area (Å²) >= 11 is 0. The zero-order chi connectivity index (χ0) is 15.5. The fraction of sp³-hybridized carbons (Fsp3) is 0.500. The van der Waals surface area contributed by atoms with Gasteiger partial charge in [0.25, 0.3) is 0 Å². The average molecular weight is 285 g/mol. The van der Waals surface area contributed by atoms with Gasteiger partial charge in [0.1, 0.15) is 5.82 Å². The molecule has 0 unspecified atom stereocenters. The third kappa shape index (κ3) is 4.71. The summed E-state index contributed by atoms with van der Waals surface area (Å²) in [5.41, 5.74) is 1.17. The molecule has 1 aromatic heterocycles. The molecular weight excluding hydrogens is 258 g/mol. The number of pyridine rings is 1. The summed E-state index contributed by atoms with van der Waals surface area (Å²) in [7, 11) is 0. The molecule has 0 aliphatic rings. The maximum Gasteiger partial charge on any atom is 0.134 e. The lowest BCUT2D eigenvalue weighted by molar-refractivity contribution is 0.421. The van der Waals surface area contributed by atoms with Crippen LogP contribution in [0.4, 0.5) is 5.82 Å². The van der Waals surface area contributed by atoms with Crippen LogP contribution in [0.2, 0.25) is 0 Å². The van der Waals surface area contributed by atoms with E-state index >= 15 is 0 Å². The van der Waals surface area contributed by atoms with Gasteiger partial charge in [0.15, 0.2) is 0 Å². The van der Waals surface area contributed by atoms with Crippen LogP contribution in [0.3, 0.4) is 0 Å². The zero-order valence-electron chi connectivity index (χ0n) is 13.8. The topological polar surface area (TPSA) is 37.0 Å². The third-order valence-corrected chi connectivity index (χ3v) is 3.27. The van der Waals surface area contributed by atoms with E-state index in [-0.39, 0.29) is 5.54 Å². The van der Waals surface area contributed by atoms with E-state index in [9.17, 15) is 0 Å². The van der Waals surface area contributed by atoms with Crippen molar-refractivity contribution in [2.24, 2.45) is 5.92 Å². The van der Waals surface area contributed by atoms with Crippen molar-refractivity contribution >= 4 is 16.6 Å². The first-order valence-corrected chi connectivity index (χ1v) is 7.73. The molecule has 0 bridgehead atoms. The van der Waals surface area contributed by atoms with E-state index in [1.54, 1.807) is 0 Å². The first-order valence-electron chi connectivity index (χ1n) is 7.73. The molecule has 0 saturated heterocycles. The lowest BCUT2D eigenvalue weighted by atomic mass is 10.1. The van der Waals surface area contributed by atoms with Crippen LogP contribution in [0.25, 0.3) is 10.8 Å². The summed E-state index contributed by atoms with van der Waals surface area (Å²) in [4.78, 5) is 4.80. The monoisotopic (exact) mass is 285 g/mol. The second-order valence-electron chi connectivity index (χ2n) is 7.06. The Bertz CT molecular complexity index is 597. The SMILES string of the molecule is CC(C)CNc1nc(CNC(C)(C)C)cc2ccccc12. The lowest BCUT2D eigenvalue weighted by Gasteiger charge is -2.21. The molecule has 0 radical (unpaired) electrons. The maximum absolute atomic E-state index is 4.80. The molecule has 0 spiro atoms. The Kier molecular flexibility index (Phi) is 4.84. The van der Waals surface area contributed by atoms with Crippen LogP contribution in [-0.4, -0.2) is 17.1 Å². The minimum atomic E-state index is 0.0961. The number of nitrogens with one attached hydrogen (secondary N) is 2. The van der Waals surface area contributed by atoms with Crippen LogP contribution in [0.1, 0.15) is 40.3 Å². The number of fused-ring (bicyclic) bond motifs is 1. The van der Waals surface area contributed by atoms with Gasteiger partial charge in [0.2, 0.25) is 0 Å². The quantitative estimate of drug-likeness (QED) is 0.865. The molecule has 21 heavy (non-hydrogen) atoms. The van der Waals surface area contributed by atoms with Crippen LogP contribution in [0.15, 0.2) is 30.3 Å². The summed E-state index contributed by atoms with van der Waals surface area (Å²) in [6, 6.07) is 10.6. The number of benzene rings is 1. The molecular formula is C18H27N3. The third-order valence-electron chi connectivity index (χ3n) is 3.27. The minimum Gasteiger partial charge on any atom is -0.369 e. The van der Waals surface area contributed by atoms with E-state index in [1.165, 1.54) is 10.8 Å². The van der Waals surface area contributed by atoms with Gasteiger partial charge in [-0.15, -0.1) is 0 Å². The van der Waals surface area contributed by atoms with Gasteiger partial charge in [0.05, 0.1) is 5.69 Å². The number of aromatic nitrogens is 1. The molecule has 2 rings (SSSR count). The van der Waals surface area contributed by atoms with Crippen molar-refractivity contribution in [1.29, 1.82) is 0 Å². The molecule has 2 aromatic rings. The smallest absolute Gasteiger partial charge is 0.134 e. The Morgan fingerprint density at radius 3 is 2.52 bits per heavy atom. The van der Waals surface area contributed by atoms with Crippen LogP contribution < -0.4 is 10.6 Å². The van der Waals surface area contributed by atoms with Gasteiger partial charge in [-0.3, -0.25) is 0 Å². The molecule has 0 atom stereocenters. The normalized spacial score (nSPS) is 12.1. The first kappa shape index (κ1) is 15.8. The van der Waals surface area contributed by atoms with Gasteiger partial charge >= 0.3 is 0 Å². The standard InChI is InChI=1S/C18H27N3/c1-13(2)11-19-17-16-9-7-6-8-14(16)10-15(21-17)12-20-18(3,4)5/h6-10,13,20H,11-12H2,1-5H3,(H,19,21). The lowest BCUT2D eigenvalue weighted by Crippen LogP contribution is -2.35. The number of anilines is 1. The molecule has 0 aliphatic carbocycles. The van der Waals surface area contributed by atoms with Crippen molar-refractivity contribution in [2.75, 3.05) is 11.9 Å². The Morgan fingerprint density at radius 1 is 1.14 bits per heavy atom. The predicted molar refractivity (Wildman–Crippen MR) is 91.7 cm³/mol. The molecule has 0 aliphatic heterocycles. The highest BCUT2D eigenvalue weighted by atomic mass is 15.0. The summed E-state index contributed by atoms with van der Waals surface area (Å²) in [6.07, 6.45) is 0. The highest BCUT2D eigenvalue weighted by Gasteiger charge is 2.11. The van der Waals surface area contributed by atoms with Crippen LogP contribution in [0.5, 0.6) is 0 Å². The molecule has 2 N–H and O–H groups in total. The second-order valence-corrected chi connectivity index (χ2v) is 7.06. The summed E-state index contributed by atoms with van der Waals surface area (Å²) in [6.45, 7) is 12.7. The highest BCUT2D eigenvalue weighted by molar-refractivity contribution is 5.92. The Balaban J connectivity index is 2.30. The van der Waals surface area contributed by atoms with Crippen molar-refractivity contribution in [3.8, 4) is 0 Å². The molecule has 3 heteroatoms. The van der Waals surface area contributed by atoms with Gasteiger partial charge in [-0.1, -0.05) is 38.1 Å². The molecule has 1 heterocycles. The maximum atomic E-state index is 4.80. The van der Waals surface area contributed by atoms with Gasteiger partial charge in [-0.25, -0.2) is 4.98 Å². The fourth-order valence-electron chi connectivity index (χ4n) is 2.14. The number of nitrogens with zero attached hydrogens (tertiary/aromatic N) is 1. The highest BCUT2D eigenvalue weighted by Crippen LogP contribution is 2.23. The van der Waals surface area contributed by atoms with E-state index in [0.717, 1.165) is 24.6 Å². The summed E-state index contributed by atoms with van der Waals surface area (Å²) < 4.78 is 0. The predicted octanol–water partition coefficient (Wildman–Crippen LogP) is 4.19. The molecule has 114 valence electrons. The van der Waals surface area contributed by atoms with E-state index < -0.39 is 0 Å². The summed E-state index contributed by atoms with van der Waals surface area (Å²) in [5.74, 6) is 1.59. The van der Waals surface area contributed by atoms with Crippen molar-refractivity contribution in [3.63, 3.8) is 0 Å². The van der Waals surface area contributed by atoms with Crippen molar-refractivity contribution in [2.45, 2.75) is 46.7 Å². The van der Waals surface area contributed by atoms with Gasteiger partial charge in [-0.05, 0) is 38.1 Å². The second kappa shape index (κ2) is 6.44. The van der Waals surface area contributed by atoms with Crippen LogP contribution >= 0.6 is 0 Å². The van der Waals surface area contributed by atoms with Crippen LogP contribution in [0, 0.1) is 5.92 Å². The van der Waals surface area contributed by atoms with E-state index in [4.69, 9.17) is 4.98 Å². The molecule has 3 nitrogen and oxygen atoms in total. The molecule has 1 aromatic carbocycles. The van der Waals surface area contributed by atoms with E-state index in [1.807, 2.05) is 0 Å². The Hall–Kier alpha value is -1.61. The van der Waals surface area contributed by atoms with Crippen LogP contribution in [-0.2, 0) is 6.54 Å².